The first-order valence-electron chi connectivity index (χ1n) is 16.3. The third-order valence-corrected chi connectivity index (χ3v) is 7.71. The van der Waals surface area contributed by atoms with E-state index in [1.807, 2.05) is 36.4 Å². The Kier molecular flexibility index (Phi) is 18.4. The van der Waals surface area contributed by atoms with E-state index in [2.05, 4.69) is 49.0 Å². The fourth-order valence-corrected chi connectivity index (χ4v) is 4.91. The Labute approximate surface area is 254 Å². The van der Waals surface area contributed by atoms with E-state index in [9.17, 15) is 9.59 Å². The summed E-state index contributed by atoms with van der Waals surface area (Å²) < 4.78 is 11.7. The number of amides is 4. The van der Waals surface area contributed by atoms with Crippen molar-refractivity contribution in [2.75, 3.05) is 50.2 Å². The molecule has 0 fully saturated rings. The van der Waals surface area contributed by atoms with E-state index in [0.29, 0.717) is 49.5 Å². The molecule has 8 nitrogen and oxygen atoms in total. The van der Waals surface area contributed by atoms with Gasteiger partial charge in [0.2, 0.25) is 0 Å². The van der Waals surface area contributed by atoms with Crippen LogP contribution in [-0.2, 0) is 9.47 Å². The minimum atomic E-state index is -0.258. The molecule has 2 aromatic rings. The highest BCUT2D eigenvalue weighted by atomic mass is 16.5. The van der Waals surface area contributed by atoms with Gasteiger partial charge in [-0.25, -0.2) is 9.59 Å². The highest BCUT2D eigenvalue weighted by Gasteiger charge is 2.11. The Hall–Kier alpha value is -2.84. The summed E-state index contributed by atoms with van der Waals surface area (Å²) >= 11 is 0. The number of ether oxygens (including phenoxy) is 2. The number of unbranched alkanes of at least 4 members (excludes halogenated alkanes) is 2. The second-order valence-corrected chi connectivity index (χ2v) is 11.2. The summed E-state index contributed by atoms with van der Waals surface area (Å²) in [4.78, 5) is 25.1. The SMILES string of the molecule is CCCC[C@H](CC)COCCCNC(=O)Nc1cccc2c(NC(=O)NCCCOC[C@@H](CC)CCCC)cccc12. The zero-order valence-electron chi connectivity index (χ0n) is 26.6. The number of carbonyl (C=O) groups is 2. The molecule has 0 heterocycles. The van der Waals surface area contributed by atoms with Gasteiger partial charge in [-0.1, -0.05) is 90.5 Å². The van der Waals surface area contributed by atoms with E-state index in [1.54, 1.807) is 0 Å². The van der Waals surface area contributed by atoms with Crippen LogP contribution < -0.4 is 21.3 Å². The van der Waals surface area contributed by atoms with Gasteiger partial charge in [-0.3, -0.25) is 0 Å². The number of urea groups is 2. The largest absolute Gasteiger partial charge is 0.381 e. The number of nitrogens with one attached hydrogen (secondary N) is 4. The van der Waals surface area contributed by atoms with Crippen LogP contribution in [-0.4, -0.2) is 51.6 Å². The first-order chi connectivity index (χ1) is 20.5. The molecule has 236 valence electrons. The summed E-state index contributed by atoms with van der Waals surface area (Å²) in [7, 11) is 0. The van der Waals surface area contributed by atoms with E-state index in [4.69, 9.17) is 9.47 Å². The second kappa shape index (κ2) is 21.8. The molecule has 8 heteroatoms. The van der Waals surface area contributed by atoms with Crippen LogP contribution in [0.2, 0.25) is 0 Å². The Morgan fingerprint density at radius 3 is 1.45 bits per heavy atom. The lowest BCUT2D eigenvalue weighted by Gasteiger charge is -2.15. The molecule has 4 amide bonds. The molecule has 42 heavy (non-hydrogen) atoms. The zero-order chi connectivity index (χ0) is 30.4. The summed E-state index contributed by atoms with van der Waals surface area (Å²) in [5.41, 5.74) is 1.38. The van der Waals surface area contributed by atoms with Crippen LogP contribution in [0.5, 0.6) is 0 Å². The molecule has 0 aliphatic heterocycles. The quantitative estimate of drug-likeness (QED) is 0.105. The van der Waals surface area contributed by atoms with Gasteiger partial charge in [0, 0.05) is 50.3 Å². The van der Waals surface area contributed by atoms with E-state index >= 15 is 0 Å². The highest BCUT2D eigenvalue weighted by molar-refractivity contribution is 6.08. The number of carbonyl (C=O) groups excluding carboxylic acids is 2. The predicted molar refractivity (Wildman–Crippen MR) is 175 cm³/mol. The van der Waals surface area contributed by atoms with Crippen molar-refractivity contribution in [1.82, 2.24) is 10.6 Å². The molecule has 2 rings (SSSR count). The van der Waals surface area contributed by atoms with E-state index in [-0.39, 0.29) is 12.1 Å². The minimum absolute atomic E-state index is 0.258. The normalized spacial score (nSPS) is 12.6. The molecular weight excluding hydrogens is 528 g/mol. The average Bonchev–Trinajstić information content (AvgIpc) is 3.00. The molecule has 0 bridgehead atoms. The van der Waals surface area contributed by atoms with Gasteiger partial charge >= 0.3 is 12.1 Å². The van der Waals surface area contributed by atoms with Crippen LogP contribution in [0, 0.1) is 11.8 Å². The Bertz CT molecular complexity index is 951. The summed E-state index contributed by atoms with van der Waals surface area (Å²) in [6.45, 7) is 12.8. The lowest BCUT2D eigenvalue weighted by molar-refractivity contribution is 0.0924. The van der Waals surface area contributed by atoms with Gasteiger partial charge in [0.25, 0.3) is 0 Å². The molecule has 2 aromatic carbocycles. The van der Waals surface area contributed by atoms with Crippen molar-refractivity contribution in [2.45, 2.75) is 91.9 Å². The molecule has 2 atom stereocenters. The van der Waals surface area contributed by atoms with E-state index < -0.39 is 0 Å². The van der Waals surface area contributed by atoms with Crippen molar-refractivity contribution in [3.8, 4) is 0 Å². The first-order valence-corrected chi connectivity index (χ1v) is 16.3. The van der Waals surface area contributed by atoms with Gasteiger partial charge in [-0.2, -0.15) is 0 Å². The lowest BCUT2D eigenvalue weighted by Crippen LogP contribution is -2.30. The average molecular weight is 585 g/mol. The molecule has 0 saturated carbocycles. The summed E-state index contributed by atoms with van der Waals surface area (Å²) in [6.07, 6.45) is 11.2. The number of hydrogen-bond acceptors (Lipinski definition) is 4. The molecule has 4 N–H and O–H groups in total. The van der Waals surface area contributed by atoms with Crippen molar-refractivity contribution < 1.29 is 19.1 Å². The number of rotatable bonds is 22. The van der Waals surface area contributed by atoms with Gasteiger partial charge in [0.1, 0.15) is 0 Å². The van der Waals surface area contributed by atoms with Gasteiger partial charge in [-0.15, -0.1) is 0 Å². The van der Waals surface area contributed by atoms with E-state index in [0.717, 1.165) is 49.7 Å². The number of benzene rings is 2. The van der Waals surface area contributed by atoms with Gasteiger partial charge in [0.15, 0.2) is 0 Å². The monoisotopic (exact) mass is 584 g/mol. The van der Waals surface area contributed by atoms with Crippen LogP contribution in [0.1, 0.15) is 91.9 Å². The predicted octanol–water partition coefficient (Wildman–Crippen LogP) is 8.33. The van der Waals surface area contributed by atoms with Crippen molar-refractivity contribution in [1.29, 1.82) is 0 Å². The lowest BCUT2D eigenvalue weighted by atomic mass is 10.0. The highest BCUT2D eigenvalue weighted by Crippen LogP contribution is 2.29. The minimum Gasteiger partial charge on any atom is -0.381 e. The van der Waals surface area contributed by atoms with Gasteiger partial charge < -0.3 is 30.7 Å². The van der Waals surface area contributed by atoms with Crippen molar-refractivity contribution in [2.24, 2.45) is 11.8 Å². The molecule has 0 spiro atoms. The molecular formula is C34H56N4O4. The standard InChI is InChI=1S/C34H56N4O4/c1-5-9-15-27(7-3)25-41-23-13-21-35-33(39)37-31-19-11-18-30-29(31)17-12-20-32(30)38-34(40)36-22-14-24-42-26-28(8-4)16-10-6-2/h11-12,17-20,27-28H,5-10,13-16,21-26H2,1-4H3,(H2,35,37,39)(H2,36,38,40)/t27-,28-/m0/s1. The molecule has 0 saturated heterocycles. The Balaban J connectivity index is 1.74. The molecule has 0 radical (unpaired) electrons. The van der Waals surface area contributed by atoms with Gasteiger partial charge in [-0.05, 0) is 49.7 Å². The summed E-state index contributed by atoms with van der Waals surface area (Å²) in [5.74, 6) is 1.24. The Morgan fingerprint density at radius 2 is 1.07 bits per heavy atom. The molecule has 0 unspecified atom stereocenters. The van der Waals surface area contributed by atoms with E-state index in [1.165, 1.54) is 38.5 Å². The van der Waals surface area contributed by atoms with Crippen LogP contribution in [0.4, 0.5) is 21.0 Å². The van der Waals surface area contributed by atoms with Crippen molar-refractivity contribution in [3.63, 3.8) is 0 Å². The molecule has 0 aliphatic carbocycles. The van der Waals surface area contributed by atoms with Crippen LogP contribution in [0.3, 0.4) is 0 Å². The maximum absolute atomic E-state index is 12.6. The van der Waals surface area contributed by atoms with Crippen LogP contribution >= 0.6 is 0 Å². The second-order valence-electron chi connectivity index (χ2n) is 11.2. The number of fused-ring (bicyclic) bond motifs is 1. The maximum atomic E-state index is 12.6. The Morgan fingerprint density at radius 1 is 0.643 bits per heavy atom. The smallest absolute Gasteiger partial charge is 0.319 e. The summed E-state index contributed by atoms with van der Waals surface area (Å²) in [5, 5.41) is 13.4. The zero-order valence-corrected chi connectivity index (χ0v) is 26.6. The number of hydrogen-bond donors (Lipinski definition) is 4. The topological polar surface area (TPSA) is 101 Å². The molecule has 0 aromatic heterocycles. The fourth-order valence-electron chi connectivity index (χ4n) is 4.91. The first kappa shape index (κ1) is 35.4. The van der Waals surface area contributed by atoms with Crippen LogP contribution in [0.25, 0.3) is 10.8 Å². The maximum Gasteiger partial charge on any atom is 0.319 e. The van der Waals surface area contributed by atoms with Gasteiger partial charge in [0.05, 0.1) is 11.4 Å². The van der Waals surface area contributed by atoms with Crippen LogP contribution in [0.15, 0.2) is 36.4 Å². The molecule has 0 aliphatic rings. The summed E-state index contributed by atoms with van der Waals surface area (Å²) in [6, 6.07) is 10.8. The fraction of sp³-hybridized carbons (Fsp3) is 0.647. The van der Waals surface area contributed by atoms with Crippen molar-refractivity contribution >= 4 is 34.2 Å². The third kappa shape index (κ3) is 13.9. The van der Waals surface area contributed by atoms with Crippen molar-refractivity contribution in [3.05, 3.63) is 36.4 Å². The third-order valence-electron chi connectivity index (χ3n) is 7.71. The number of anilines is 2.